The summed E-state index contributed by atoms with van der Waals surface area (Å²) in [5, 5.41) is 3.38. The van der Waals surface area contributed by atoms with Crippen molar-refractivity contribution >= 4 is 5.91 Å². The molecule has 1 unspecified atom stereocenters. The maximum atomic E-state index is 12.5. The van der Waals surface area contributed by atoms with Gasteiger partial charge in [-0.15, -0.1) is 0 Å². The van der Waals surface area contributed by atoms with E-state index in [9.17, 15) is 4.79 Å². The Morgan fingerprint density at radius 2 is 1.89 bits per heavy atom. The molecule has 18 heavy (non-hydrogen) atoms. The van der Waals surface area contributed by atoms with Crippen molar-refractivity contribution in [2.24, 2.45) is 0 Å². The van der Waals surface area contributed by atoms with Gasteiger partial charge in [0.1, 0.15) is 0 Å². The minimum atomic E-state index is 0.105. The van der Waals surface area contributed by atoms with Crippen molar-refractivity contribution in [2.45, 2.75) is 50.6 Å². The van der Waals surface area contributed by atoms with Crippen molar-refractivity contribution in [3.05, 3.63) is 0 Å². The van der Waals surface area contributed by atoms with E-state index in [2.05, 4.69) is 15.1 Å². The van der Waals surface area contributed by atoms with Crippen LogP contribution in [0.5, 0.6) is 0 Å². The maximum Gasteiger partial charge on any atom is 0.239 e. The number of piperazine rings is 1. The van der Waals surface area contributed by atoms with Crippen LogP contribution in [0.3, 0.4) is 0 Å². The SMILES string of the molecule is O=C([C@@H]1CCCCN1)N1CCN2CCCCC2C1. The van der Waals surface area contributed by atoms with Crippen molar-refractivity contribution < 1.29 is 4.79 Å². The Balaban J connectivity index is 1.57. The lowest BCUT2D eigenvalue weighted by molar-refractivity contribution is -0.137. The Morgan fingerprint density at radius 3 is 2.72 bits per heavy atom. The summed E-state index contributed by atoms with van der Waals surface area (Å²) < 4.78 is 0. The molecule has 3 aliphatic heterocycles. The van der Waals surface area contributed by atoms with Gasteiger partial charge in [-0.05, 0) is 38.8 Å². The summed E-state index contributed by atoms with van der Waals surface area (Å²) in [6.07, 6.45) is 7.41. The molecule has 4 heteroatoms. The van der Waals surface area contributed by atoms with E-state index in [0.717, 1.165) is 32.6 Å². The summed E-state index contributed by atoms with van der Waals surface area (Å²) in [6, 6.07) is 0.744. The number of rotatable bonds is 1. The molecule has 102 valence electrons. The summed E-state index contributed by atoms with van der Waals surface area (Å²) in [6.45, 7) is 5.25. The summed E-state index contributed by atoms with van der Waals surface area (Å²) in [5.41, 5.74) is 0. The normalized spacial score (nSPS) is 34.1. The molecule has 3 heterocycles. The minimum Gasteiger partial charge on any atom is -0.338 e. The lowest BCUT2D eigenvalue weighted by Crippen LogP contribution is -2.59. The maximum absolute atomic E-state index is 12.5. The highest BCUT2D eigenvalue weighted by Gasteiger charge is 2.33. The molecule has 1 amide bonds. The second-order valence-electron chi connectivity index (χ2n) is 5.97. The first-order chi connectivity index (χ1) is 8.84. The topological polar surface area (TPSA) is 35.6 Å². The van der Waals surface area contributed by atoms with Gasteiger partial charge >= 0.3 is 0 Å². The van der Waals surface area contributed by atoms with E-state index >= 15 is 0 Å². The first kappa shape index (κ1) is 12.4. The van der Waals surface area contributed by atoms with Crippen LogP contribution in [0.4, 0.5) is 0 Å². The molecule has 2 atom stereocenters. The second kappa shape index (κ2) is 5.57. The van der Waals surface area contributed by atoms with E-state index in [0.29, 0.717) is 11.9 Å². The lowest BCUT2D eigenvalue weighted by atomic mass is 9.98. The molecule has 4 nitrogen and oxygen atoms in total. The number of carbonyl (C=O) groups is 1. The number of fused-ring (bicyclic) bond motifs is 1. The molecule has 0 saturated carbocycles. The summed E-state index contributed by atoms with van der Waals surface area (Å²) in [7, 11) is 0. The Labute approximate surface area is 110 Å². The van der Waals surface area contributed by atoms with Gasteiger partial charge in [-0.1, -0.05) is 12.8 Å². The van der Waals surface area contributed by atoms with Gasteiger partial charge in [0.25, 0.3) is 0 Å². The predicted molar refractivity (Wildman–Crippen MR) is 71.4 cm³/mol. The Hall–Kier alpha value is -0.610. The zero-order valence-electron chi connectivity index (χ0n) is 11.2. The standard InChI is InChI=1S/C14H25N3O/c18-14(13-6-1-3-7-15-13)17-10-9-16-8-4-2-5-12(16)11-17/h12-13,15H,1-11H2/t12?,13-/m0/s1. The smallest absolute Gasteiger partial charge is 0.239 e. The number of hydrogen-bond acceptors (Lipinski definition) is 3. The molecule has 1 N–H and O–H groups in total. The molecule has 0 aromatic carbocycles. The lowest BCUT2D eigenvalue weighted by Gasteiger charge is -2.45. The second-order valence-corrected chi connectivity index (χ2v) is 5.97. The molecular formula is C14H25N3O. The van der Waals surface area contributed by atoms with E-state index in [-0.39, 0.29) is 6.04 Å². The minimum absolute atomic E-state index is 0.105. The Morgan fingerprint density at radius 1 is 1.00 bits per heavy atom. The fraction of sp³-hybridized carbons (Fsp3) is 0.929. The number of nitrogens with one attached hydrogen (secondary N) is 1. The van der Waals surface area contributed by atoms with Gasteiger partial charge in [0.2, 0.25) is 5.91 Å². The number of hydrogen-bond donors (Lipinski definition) is 1. The summed E-state index contributed by atoms with van der Waals surface area (Å²) >= 11 is 0. The largest absolute Gasteiger partial charge is 0.338 e. The number of amides is 1. The molecule has 3 aliphatic rings. The molecule has 0 aromatic rings. The van der Waals surface area contributed by atoms with Crippen LogP contribution < -0.4 is 5.32 Å². The van der Waals surface area contributed by atoms with Crippen LogP contribution in [0, 0.1) is 0 Å². The van der Waals surface area contributed by atoms with Gasteiger partial charge in [0.15, 0.2) is 0 Å². The Bertz CT molecular complexity index is 301. The van der Waals surface area contributed by atoms with Crippen molar-refractivity contribution in [2.75, 3.05) is 32.7 Å². The molecule has 0 radical (unpaired) electrons. The highest BCUT2D eigenvalue weighted by Crippen LogP contribution is 2.22. The molecule has 0 aliphatic carbocycles. The number of piperidine rings is 2. The average Bonchev–Trinajstić information content (AvgIpc) is 2.47. The number of nitrogens with zero attached hydrogens (tertiary/aromatic N) is 2. The van der Waals surface area contributed by atoms with Crippen LogP contribution in [0.25, 0.3) is 0 Å². The van der Waals surface area contributed by atoms with Crippen LogP contribution in [0.15, 0.2) is 0 Å². The predicted octanol–water partition coefficient (Wildman–Crippen LogP) is 0.825. The first-order valence-electron chi connectivity index (χ1n) is 7.61. The van der Waals surface area contributed by atoms with Gasteiger partial charge < -0.3 is 10.2 Å². The molecule has 3 rings (SSSR count). The number of carbonyl (C=O) groups excluding carboxylic acids is 1. The van der Waals surface area contributed by atoms with Crippen molar-refractivity contribution in [1.82, 2.24) is 15.1 Å². The van der Waals surface area contributed by atoms with Gasteiger partial charge in [-0.3, -0.25) is 9.69 Å². The van der Waals surface area contributed by atoms with Gasteiger partial charge in [0, 0.05) is 25.7 Å². The third-order valence-electron chi connectivity index (χ3n) is 4.76. The van der Waals surface area contributed by atoms with Gasteiger partial charge in [-0.2, -0.15) is 0 Å². The Kier molecular flexibility index (Phi) is 3.85. The third-order valence-corrected chi connectivity index (χ3v) is 4.76. The van der Waals surface area contributed by atoms with E-state index in [1.165, 1.54) is 38.6 Å². The van der Waals surface area contributed by atoms with E-state index < -0.39 is 0 Å². The highest BCUT2D eigenvalue weighted by molar-refractivity contribution is 5.82. The first-order valence-corrected chi connectivity index (χ1v) is 7.61. The zero-order chi connectivity index (χ0) is 12.4. The quantitative estimate of drug-likeness (QED) is 0.749. The molecule has 3 saturated heterocycles. The van der Waals surface area contributed by atoms with Crippen LogP contribution in [0.2, 0.25) is 0 Å². The van der Waals surface area contributed by atoms with Crippen LogP contribution >= 0.6 is 0 Å². The van der Waals surface area contributed by atoms with Crippen molar-refractivity contribution in [3.8, 4) is 0 Å². The average molecular weight is 251 g/mol. The van der Waals surface area contributed by atoms with E-state index in [1.807, 2.05) is 0 Å². The molecule has 0 spiro atoms. The fourth-order valence-corrected chi connectivity index (χ4v) is 3.64. The molecular weight excluding hydrogens is 226 g/mol. The summed E-state index contributed by atoms with van der Waals surface area (Å²) in [5.74, 6) is 0.361. The van der Waals surface area contributed by atoms with Crippen LogP contribution in [-0.2, 0) is 4.79 Å². The van der Waals surface area contributed by atoms with Crippen LogP contribution in [-0.4, -0.2) is 60.5 Å². The monoisotopic (exact) mass is 251 g/mol. The molecule has 0 aromatic heterocycles. The van der Waals surface area contributed by atoms with E-state index in [4.69, 9.17) is 0 Å². The third kappa shape index (κ3) is 2.54. The highest BCUT2D eigenvalue weighted by atomic mass is 16.2. The van der Waals surface area contributed by atoms with Crippen molar-refractivity contribution in [3.63, 3.8) is 0 Å². The van der Waals surface area contributed by atoms with Crippen molar-refractivity contribution in [1.29, 1.82) is 0 Å². The fourth-order valence-electron chi connectivity index (χ4n) is 3.64. The molecule has 3 fully saturated rings. The summed E-state index contributed by atoms with van der Waals surface area (Å²) in [4.78, 5) is 17.2. The molecule has 0 bridgehead atoms. The van der Waals surface area contributed by atoms with Gasteiger partial charge in [0.05, 0.1) is 6.04 Å². The van der Waals surface area contributed by atoms with Crippen LogP contribution in [0.1, 0.15) is 38.5 Å². The van der Waals surface area contributed by atoms with E-state index in [1.54, 1.807) is 0 Å². The zero-order valence-corrected chi connectivity index (χ0v) is 11.2. The van der Waals surface area contributed by atoms with Gasteiger partial charge in [-0.25, -0.2) is 0 Å².